The van der Waals surface area contributed by atoms with Crippen LogP contribution >= 0.6 is 11.6 Å². The van der Waals surface area contributed by atoms with Gasteiger partial charge in [0.15, 0.2) is 0 Å². The molecule has 116 valence electrons. The van der Waals surface area contributed by atoms with Gasteiger partial charge in [0.2, 0.25) is 0 Å². The van der Waals surface area contributed by atoms with Crippen molar-refractivity contribution in [3.63, 3.8) is 0 Å². The fourth-order valence-corrected chi connectivity index (χ4v) is 2.33. The van der Waals surface area contributed by atoms with Crippen LogP contribution in [0.2, 0.25) is 5.02 Å². The number of anilines is 1. The number of likely N-dealkylation sites (N-methyl/N-ethyl adjacent to an activating group) is 1. The van der Waals surface area contributed by atoms with Gasteiger partial charge >= 0.3 is 6.03 Å². The zero-order valence-electron chi connectivity index (χ0n) is 12.0. The molecule has 0 aromatic heterocycles. The molecule has 1 saturated heterocycles. The largest absolute Gasteiger partial charge is 0.337 e. The minimum absolute atomic E-state index is 0.00904. The number of nitrogens with zero attached hydrogens (tertiary/aromatic N) is 2. The molecule has 0 aliphatic carbocycles. The summed E-state index contributed by atoms with van der Waals surface area (Å²) in [6.45, 7) is 5.55. The molecule has 0 radical (unpaired) electrons. The third kappa shape index (κ3) is 5.15. The quantitative estimate of drug-likeness (QED) is 0.891. The van der Waals surface area contributed by atoms with Crippen LogP contribution in [0, 0.1) is 5.82 Å². The Hall–Kier alpha value is -1.37. The highest BCUT2D eigenvalue weighted by Gasteiger charge is 2.13. The van der Waals surface area contributed by atoms with Crippen molar-refractivity contribution in [3.05, 3.63) is 29.0 Å². The Bertz CT molecular complexity index is 492. The molecule has 0 unspecified atom stereocenters. The van der Waals surface area contributed by atoms with Crippen LogP contribution in [-0.2, 0) is 0 Å². The summed E-state index contributed by atoms with van der Waals surface area (Å²) in [7, 11) is 2.11. The second kappa shape index (κ2) is 7.59. The van der Waals surface area contributed by atoms with E-state index in [0.717, 1.165) is 32.7 Å². The Kier molecular flexibility index (Phi) is 5.78. The molecule has 2 N–H and O–H groups in total. The summed E-state index contributed by atoms with van der Waals surface area (Å²) in [5.74, 6) is -0.502. The van der Waals surface area contributed by atoms with Crippen molar-refractivity contribution < 1.29 is 9.18 Å². The number of benzene rings is 1. The molecule has 1 fully saturated rings. The molecular formula is C14H20ClFN4O. The number of hydrogen-bond donors (Lipinski definition) is 2. The normalized spacial score (nSPS) is 16.7. The minimum atomic E-state index is -0.502. The van der Waals surface area contributed by atoms with Gasteiger partial charge in [0.05, 0.1) is 5.02 Å². The van der Waals surface area contributed by atoms with Crippen molar-refractivity contribution in [2.24, 2.45) is 0 Å². The van der Waals surface area contributed by atoms with Crippen LogP contribution in [0.15, 0.2) is 18.2 Å². The van der Waals surface area contributed by atoms with E-state index in [1.165, 1.54) is 18.2 Å². The number of carbonyl (C=O) groups excluding carboxylic acids is 1. The molecule has 1 aromatic rings. The Balaban J connectivity index is 1.68. The summed E-state index contributed by atoms with van der Waals surface area (Å²) >= 11 is 5.66. The van der Waals surface area contributed by atoms with E-state index in [9.17, 15) is 9.18 Å². The number of piperazine rings is 1. The van der Waals surface area contributed by atoms with Gasteiger partial charge in [-0.25, -0.2) is 9.18 Å². The first-order chi connectivity index (χ1) is 10.0. The van der Waals surface area contributed by atoms with Crippen molar-refractivity contribution in [1.82, 2.24) is 15.1 Å². The summed E-state index contributed by atoms with van der Waals surface area (Å²) in [4.78, 5) is 16.3. The number of hydrogen-bond acceptors (Lipinski definition) is 3. The van der Waals surface area contributed by atoms with E-state index >= 15 is 0 Å². The van der Waals surface area contributed by atoms with E-state index in [-0.39, 0.29) is 11.1 Å². The van der Waals surface area contributed by atoms with E-state index in [1.807, 2.05) is 0 Å². The highest BCUT2D eigenvalue weighted by atomic mass is 35.5. The monoisotopic (exact) mass is 314 g/mol. The molecule has 1 aliphatic rings. The van der Waals surface area contributed by atoms with Gasteiger partial charge in [-0.3, -0.25) is 4.90 Å². The zero-order valence-corrected chi connectivity index (χ0v) is 12.8. The second-order valence-corrected chi connectivity index (χ2v) is 5.56. The van der Waals surface area contributed by atoms with Crippen molar-refractivity contribution in [1.29, 1.82) is 0 Å². The molecule has 2 rings (SSSR count). The van der Waals surface area contributed by atoms with Crippen LogP contribution in [0.25, 0.3) is 0 Å². The molecular weight excluding hydrogens is 295 g/mol. The molecule has 21 heavy (non-hydrogen) atoms. The third-order valence-electron chi connectivity index (χ3n) is 3.49. The minimum Gasteiger partial charge on any atom is -0.337 e. The maximum absolute atomic E-state index is 13.0. The van der Waals surface area contributed by atoms with Crippen molar-refractivity contribution in [2.75, 3.05) is 51.6 Å². The van der Waals surface area contributed by atoms with Crippen LogP contribution in [0.5, 0.6) is 0 Å². The number of rotatable bonds is 4. The lowest BCUT2D eigenvalue weighted by Gasteiger charge is -2.32. The molecule has 0 spiro atoms. The second-order valence-electron chi connectivity index (χ2n) is 5.15. The molecule has 1 aliphatic heterocycles. The van der Waals surface area contributed by atoms with Crippen molar-refractivity contribution in [2.45, 2.75) is 0 Å². The molecule has 0 atom stereocenters. The summed E-state index contributed by atoms with van der Waals surface area (Å²) in [5, 5.41) is 5.40. The zero-order chi connectivity index (χ0) is 15.2. The lowest BCUT2D eigenvalue weighted by Crippen LogP contribution is -2.47. The Morgan fingerprint density at radius 2 is 2.05 bits per heavy atom. The Morgan fingerprint density at radius 1 is 1.33 bits per heavy atom. The van der Waals surface area contributed by atoms with Gasteiger partial charge in [-0.15, -0.1) is 0 Å². The first-order valence-electron chi connectivity index (χ1n) is 6.95. The van der Waals surface area contributed by atoms with Gasteiger partial charge in [-0.2, -0.15) is 0 Å². The number of carbonyl (C=O) groups is 1. The van der Waals surface area contributed by atoms with Gasteiger partial charge in [0.1, 0.15) is 5.82 Å². The molecule has 1 heterocycles. The van der Waals surface area contributed by atoms with Crippen LogP contribution in [0.3, 0.4) is 0 Å². The molecule has 1 aromatic carbocycles. The molecule has 5 nitrogen and oxygen atoms in total. The molecule has 2 amide bonds. The Labute approximate surface area is 129 Å². The third-order valence-corrected chi connectivity index (χ3v) is 3.78. The van der Waals surface area contributed by atoms with Gasteiger partial charge in [-0.05, 0) is 25.2 Å². The number of halogens is 2. The van der Waals surface area contributed by atoms with Gasteiger partial charge in [-0.1, -0.05) is 11.6 Å². The van der Waals surface area contributed by atoms with Crippen molar-refractivity contribution >= 4 is 23.3 Å². The van der Waals surface area contributed by atoms with Crippen molar-refractivity contribution in [3.8, 4) is 0 Å². The lowest BCUT2D eigenvalue weighted by atomic mass is 10.3. The molecule has 7 heteroatoms. The van der Waals surface area contributed by atoms with E-state index in [4.69, 9.17) is 11.6 Å². The van der Waals surface area contributed by atoms with Gasteiger partial charge < -0.3 is 15.5 Å². The smallest absolute Gasteiger partial charge is 0.319 e. The highest BCUT2D eigenvalue weighted by molar-refractivity contribution is 6.31. The van der Waals surface area contributed by atoms with E-state index in [2.05, 4.69) is 27.5 Å². The standard InChI is InChI=1S/C14H20ClFN4O/c1-19-6-8-20(9-7-19)5-4-17-14(21)18-11-2-3-13(16)12(15)10-11/h2-3,10H,4-9H2,1H3,(H2,17,18,21). The number of nitrogens with one attached hydrogen (secondary N) is 2. The lowest BCUT2D eigenvalue weighted by molar-refractivity contribution is 0.155. The average Bonchev–Trinajstić information content (AvgIpc) is 2.45. The van der Waals surface area contributed by atoms with E-state index in [0.29, 0.717) is 12.2 Å². The molecule has 0 saturated carbocycles. The maximum atomic E-state index is 13.0. The first kappa shape index (κ1) is 16.0. The van der Waals surface area contributed by atoms with E-state index in [1.54, 1.807) is 0 Å². The predicted octanol–water partition coefficient (Wildman–Crippen LogP) is 1.85. The SMILES string of the molecule is CN1CCN(CCNC(=O)Nc2ccc(F)c(Cl)c2)CC1. The maximum Gasteiger partial charge on any atom is 0.319 e. The van der Waals surface area contributed by atoms with Gasteiger partial charge in [0.25, 0.3) is 0 Å². The fraction of sp³-hybridized carbons (Fsp3) is 0.500. The number of urea groups is 1. The van der Waals surface area contributed by atoms with Crippen LogP contribution < -0.4 is 10.6 Å². The summed E-state index contributed by atoms with van der Waals surface area (Å²) in [6, 6.07) is 3.77. The van der Waals surface area contributed by atoms with Crippen LogP contribution in [0.4, 0.5) is 14.9 Å². The highest BCUT2D eigenvalue weighted by Crippen LogP contribution is 2.19. The topological polar surface area (TPSA) is 47.6 Å². The number of amides is 2. The Morgan fingerprint density at radius 3 is 2.71 bits per heavy atom. The average molecular weight is 315 g/mol. The molecule has 0 bridgehead atoms. The first-order valence-corrected chi connectivity index (χ1v) is 7.33. The fourth-order valence-electron chi connectivity index (χ4n) is 2.15. The summed E-state index contributed by atoms with van der Waals surface area (Å²) in [5.41, 5.74) is 0.471. The predicted molar refractivity (Wildman–Crippen MR) is 82.4 cm³/mol. The van der Waals surface area contributed by atoms with Crippen LogP contribution in [0.1, 0.15) is 0 Å². The summed E-state index contributed by atoms with van der Waals surface area (Å²) < 4.78 is 13.0. The van der Waals surface area contributed by atoms with Gasteiger partial charge in [0, 0.05) is 45.0 Å². The van der Waals surface area contributed by atoms with E-state index < -0.39 is 5.82 Å². The van der Waals surface area contributed by atoms with Crippen LogP contribution in [-0.4, -0.2) is 62.1 Å². The summed E-state index contributed by atoms with van der Waals surface area (Å²) in [6.07, 6.45) is 0.